The van der Waals surface area contributed by atoms with Gasteiger partial charge in [0.05, 0.1) is 29.1 Å². The summed E-state index contributed by atoms with van der Waals surface area (Å²) in [7, 11) is 0. The molecule has 2 bridgehead atoms. The van der Waals surface area contributed by atoms with Crippen molar-refractivity contribution in [1.82, 2.24) is 14.6 Å². The van der Waals surface area contributed by atoms with Crippen LogP contribution in [0, 0.1) is 29.1 Å². The third-order valence-corrected chi connectivity index (χ3v) is 7.81. The molecule has 198 valence electrons. The van der Waals surface area contributed by atoms with Crippen molar-refractivity contribution in [2.75, 3.05) is 24.6 Å². The van der Waals surface area contributed by atoms with E-state index in [1.807, 2.05) is 54.7 Å². The van der Waals surface area contributed by atoms with Crippen LogP contribution in [0.2, 0.25) is 0 Å². The number of benzene rings is 1. The van der Waals surface area contributed by atoms with Crippen molar-refractivity contribution in [3.05, 3.63) is 78.2 Å². The lowest BCUT2D eigenvalue weighted by atomic mass is 9.59. The van der Waals surface area contributed by atoms with Gasteiger partial charge in [0, 0.05) is 42.8 Å². The second-order valence-electron chi connectivity index (χ2n) is 11.4. The first-order valence-corrected chi connectivity index (χ1v) is 13.3. The molecule has 2 atom stereocenters. The Hall–Kier alpha value is -4.22. The van der Waals surface area contributed by atoms with Crippen LogP contribution in [0.3, 0.4) is 0 Å². The molecule has 7 rings (SSSR count). The average molecular weight is 522 g/mol. The molecule has 4 aromatic rings. The normalized spacial score (nSPS) is 20.4. The quantitative estimate of drug-likeness (QED) is 0.369. The lowest BCUT2D eigenvalue weighted by molar-refractivity contribution is -0.132. The first-order valence-electron chi connectivity index (χ1n) is 13.3. The van der Waals surface area contributed by atoms with Crippen LogP contribution in [0.5, 0.6) is 5.75 Å². The molecule has 2 aliphatic heterocycles. The number of hydrogen-bond donors (Lipinski definition) is 1. The molecule has 2 saturated heterocycles. The smallest absolute Gasteiger partial charge is 0.141 e. The standard InChI is InChI=1S/C31H31N5O3/c1-31(2,38)19-39-25-12-26(30-24(13-32)15-34-36(30)18-25)21-8-9-28(33-14-21)35-16-22-11-23(17-35)29(22)27(37)10-20-6-4-3-5-7-20/h3-9,12,14-15,18,22-23,29,38H,10-11,16-17,19H2,1-2H3. The number of nitrogens with zero attached hydrogens (tertiary/aromatic N) is 5. The van der Waals surface area contributed by atoms with Crippen molar-refractivity contribution in [1.29, 1.82) is 5.26 Å². The van der Waals surface area contributed by atoms with Gasteiger partial charge in [-0.3, -0.25) is 4.79 Å². The molecule has 8 heteroatoms. The molecular weight excluding hydrogens is 490 g/mol. The number of fused-ring (bicyclic) bond motifs is 3. The van der Waals surface area contributed by atoms with Gasteiger partial charge in [0.1, 0.15) is 30.0 Å². The molecule has 3 fully saturated rings. The lowest BCUT2D eigenvalue weighted by Gasteiger charge is -2.53. The molecule has 39 heavy (non-hydrogen) atoms. The summed E-state index contributed by atoms with van der Waals surface area (Å²) in [5.41, 5.74) is 2.87. The minimum Gasteiger partial charge on any atom is -0.489 e. The number of nitriles is 1. The van der Waals surface area contributed by atoms with Crippen molar-refractivity contribution in [2.45, 2.75) is 32.3 Å². The second-order valence-corrected chi connectivity index (χ2v) is 11.4. The molecule has 0 spiro atoms. The van der Waals surface area contributed by atoms with Crippen LogP contribution < -0.4 is 9.64 Å². The van der Waals surface area contributed by atoms with E-state index in [-0.39, 0.29) is 12.5 Å². The monoisotopic (exact) mass is 521 g/mol. The van der Waals surface area contributed by atoms with Crippen LogP contribution in [-0.2, 0) is 11.2 Å². The van der Waals surface area contributed by atoms with Crippen LogP contribution in [0.1, 0.15) is 31.4 Å². The van der Waals surface area contributed by atoms with Gasteiger partial charge in [-0.15, -0.1) is 0 Å². The fraction of sp³-hybridized carbons (Fsp3) is 0.355. The Kier molecular flexibility index (Phi) is 6.32. The molecule has 1 saturated carbocycles. The van der Waals surface area contributed by atoms with E-state index < -0.39 is 5.60 Å². The summed E-state index contributed by atoms with van der Waals surface area (Å²) in [6.07, 6.45) is 6.68. The highest BCUT2D eigenvalue weighted by molar-refractivity contribution is 5.86. The summed E-state index contributed by atoms with van der Waals surface area (Å²) >= 11 is 0. The van der Waals surface area contributed by atoms with Gasteiger partial charge in [0.15, 0.2) is 0 Å². The Bertz CT molecular complexity index is 1540. The summed E-state index contributed by atoms with van der Waals surface area (Å²) in [5.74, 6) is 2.67. The largest absolute Gasteiger partial charge is 0.489 e. The van der Waals surface area contributed by atoms with Crippen molar-refractivity contribution in [3.63, 3.8) is 0 Å². The maximum absolute atomic E-state index is 13.0. The second kappa shape index (κ2) is 9.83. The van der Waals surface area contributed by atoms with E-state index in [2.05, 4.69) is 16.1 Å². The van der Waals surface area contributed by atoms with Crippen LogP contribution in [0.4, 0.5) is 5.82 Å². The number of piperidine rings is 2. The third-order valence-electron chi connectivity index (χ3n) is 7.81. The molecule has 1 aliphatic carbocycles. The number of aliphatic hydroxyl groups is 1. The molecule has 3 aliphatic rings. The average Bonchev–Trinajstić information content (AvgIpc) is 3.35. The van der Waals surface area contributed by atoms with Gasteiger partial charge in [-0.2, -0.15) is 10.4 Å². The molecule has 0 amide bonds. The van der Waals surface area contributed by atoms with Gasteiger partial charge >= 0.3 is 0 Å². The zero-order valence-electron chi connectivity index (χ0n) is 22.1. The van der Waals surface area contributed by atoms with Crippen LogP contribution in [0.15, 0.2) is 67.1 Å². The fourth-order valence-corrected chi connectivity index (χ4v) is 5.99. The minimum absolute atomic E-state index is 0.119. The fourth-order valence-electron chi connectivity index (χ4n) is 5.99. The van der Waals surface area contributed by atoms with Gasteiger partial charge < -0.3 is 14.7 Å². The van der Waals surface area contributed by atoms with Crippen molar-refractivity contribution in [2.24, 2.45) is 17.8 Å². The number of carbonyl (C=O) groups excluding carboxylic acids is 1. The highest BCUT2D eigenvalue weighted by Gasteiger charge is 2.50. The highest BCUT2D eigenvalue weighted by atomic mass is 16.5. The van der Waals surface area contributed by atoms with E-state index in [0.29, 0.717) is 40.9 Å². The number of Topliss-reactive ketones (excluding diaryl/α,β-unsaturated/α-hetero) is 1. The van der Waals surface area contributed by atoms with Gasteiger partial charge in [-0.05, 0) is 55.9 Å². The Labute approximate surface area is 227 Å². The van der Waals surface area contributed by atoms with Crippen LogP contribution in [0.25, 0.3) is 16.6 Å². The van der Waals surface area contributed by atoms with Gasteiger partial charge in [-0.1, -0.05) is 30.3 Å². The van der Waals surface area contributed by atoms with Crippen molar-refractivity contribution >= 4 is 17.1 Å². The maximum atomic E-state index is 13.0. The Balaban J connectivity index is 1.20. The van der Waals surface area contributed by atoms with E-state index in [4.69, 9.17) is 9.72 Å². The topological polar surface area (TPSA) is 104 Å². The van der Waals surface area contributed by atoms with Crippen molar-refractivity contribution < 1.29 is 14.6 Å². The Morgan fingerprint density at radius 2 is 1.92 bits per heavy atom. The number of pyridine rings is 2. The van der Waals surface area contributed by atoms with Gasteiger partial charge in [-0.25, -0.2) is 9.50 Å². The van der Waals surface area contributed by atoms with Crippen molar-refractivity contribution in [3.8, 4) is 22.9 Å². The number of ether oxygens (including phenoxy) is 1. The first kappa shape index (κ1) is 25.1. The molecule has 5 heterocycles. The summed E-state index contributed by atoms with van der Waals surface area (Å²) in [4.78, 5) is 20.1. The van der Waals surface area contributed by atoms with Crippen LogP contribution >= 0.6 is 0 Å². The number of ketones is 1. The summed E-state index contributed by atoms with van der Waals surface area (Å²) < 4.78 is 7.47. The zero-order valence-corrected chi connectivity index (χ0v) is 22.1. The predicted molar refractivity (Wildman–Crippen MR) is 147 cm³/mol. The molecule has 1 N–H and O–H groups in total. The molecule has 8 nitrogen and oxygen atoms in total. The van der Waals surface area contributed by atoms with Gasteiger partial charge in [0.2, 0.25) is 0 Å². The SMILES string of the molecule is CC(C)(O)COc1cc(-c2ccc(N3CC4CC(C3)C4C(=O)Cc3ccccc3)nc2)c2c(C#N)cnn2c1. The molecule has 2 unspecified atom stereocenters. The van der Waals surface area contributed by atoms with E-state index in [1.54, 1.807) is 24.6 Å². The maximum Gasteiger partial charge on any atom is 0.141 e. The Morgan fingerprint density at radius 1 is 1.15 bits per heavy atom. The lowest BCUT2D eigenvalue weighted by Crippen LogP contribution is -2.58. The van der Waals surface area contributed by atoms with Crippen LogP contribution in [-0.4, -0.2) is 50.8 Å². The summed E-state index contributed by atoms with van der Waals surface area (Å²) in [6, 6.07) is 18.1. The number of rotatable bonds is 8. The van der Waals surface area contributed by atoms with E-state index >= 15 is 0 Å². The summed E-state index contributed by atoms with van der Waals surface area (Å²) in [6.45, 7) is 5.15. The molecule has 1 aromatic carbocycles. The van der Waals surface area contributed by atoms with E-state index in [9.17, 15) is 15.2 Å². The first-order chi connectivity index (χ1) is 18.8. The zero-order chi connectivity index (χ0) is 27.1. The third kappa shape index (κ3) is 4.98. The molecule has 0 radical (unpaired) electrons. The highest BCUT2D eigenvalue weighted by Crippen LogP contribution is 2.47. The number of carbonyl (C=O) groups is 1. The van der Waals surface area contributed by atoms with E-state index in [0.717, 1.165) is 42.0 Å². The minimum atomic E-state index is -0.986. The molecule has 3 aromatic heterocycles. The summed E-state index contributed by atoms with van der Waals surface area (Å²) in [5, 5.41) is 24.1. The predicted octanol–water partition coefficient (Wildman–Crippen LogP) is 4.30. The number of hydrogen-bond acceptors (Lipinski definition) is 7. The molecular formula is C31H31N5O3. The Morgan fingerprint density at radius 3 is 2.59 bits per heavy atom. The number of anilines is 1. The number of aromatic nitrogens is 3. The van der Waals surface area contributed by atoms with Gasteiger partial charge in [0.25, 0.3) is 0 Å². The van der Waals surface area contributed by atoms with E-state index in [1.165, 1.54) is 6.20 Å².